The lowest BCUT2D eigenvalue weighted by Gasteiger charge is -2.33. The molecule has 0 saturated carbocycles. The van der Waals surface area contributed by atoms with Crippen molar-refractivity contribution in [1.82, 2.24) is 9.97 Å². The highest BCUT2D eigenvalue weighted by atomic mass is 14.6. The van der Waals surface area contributed by atoms with Gasteiger partial charge in [0.05, 0.1) is 0 Å². The van der Waals surface area contributed by atoms with Crippen LogP contribution in [0, 0.1) is 11.8 Å². The lowest BCUT2D eigenvalue weighted by molar-refractivity contribution is 0.401. The van der Waals surface area contributed by atoms with Gasteiger partial charge in [0.25, 0.3) is 0 Å². The van der Waals surface area contributed by atoms with Crippen LogP contribution in [0.2, 0.25) is 0 Å². The smallest absolute Gasteiger partial charge is 0.0346 e. The third-order valence-corrected chi connectivity index (χ3v) is 14.9. The van der Waals surface area contributed by atoms with Crippen LogP contribution in [0.3, 0.4) is 0 Å². The first kappa shape index (κ1) is 45.3. The van der Waals surface area contributed by atoms with Crippen LogP contribution >= 0.6 is 0 Å². The molecule has 6 aromatic rings. The van der Waals surface area contributed by atoms with E-state index in [1.165, 1.54) is 195 Å². The van der Waals surface area contributed by atoms with Gasteiger partial charge in [-0.25, -0.2) is 0 Å². The second-order valence-corrected chi connectivity index (χ2v) is 19.2. The molecule has 330 valence electrons. The number of pyridine rings is 2. The zero-order valence-corrected chi connectivity index (χ0v) is 39.6. The summed E-state index contributed by atoms with van der Waals surface area (Å²) in [5.74, 6) is 7.54. The van der Waals surface area contributed by atoms with Crippen LogP contribution in [0.4, 0.5) is 0 Å². The lowest BCUT2D eigenvalue weighted by atomic mass is 9.70. The Labute approximate surface area is 386 Å². The Hall–Kier alpha value is -5.26. The fourth-order valence-electron chi connectivity index (χ4n) is 11.5. The quantitative estimate of drug-likeness (QED) is 0.0502. The number of unbranched alkanes of at least 4 members (excludes halogenated alkanes) is 12. The number of rotatable bonds is 22. The zero-order valence-electron chi connectivity index (χ0n) is 39.6. The van der Waals surface area contributed by atoms with Gasteiger partial charge >= 0.3 is 0 Å². The first-order valence-corrected chi connectivity index (χ1v) is 25.5. The van der Waals surface area contributed by atoms with Gasteiger partial charge in [-0.1, -0.05) is 191 Å². The molecule has 0 saturated heterocycles. The average Bonchev–Trinajstić information content (AvgIpc) is 3.76. The van der Waals surface area contributed by atoms with Crippen LogP contribution in [-0.4, -0.2) is 9.97 Å². The van der Waals surface area contributed by atoms with Crippen LogP contribution in [-0.2, 0) is 10.8 Å². The van der Waals surface area contributed by atoms with Crippen molar-refractivity contribution in [2.24, 2.45) is 0 Å². The largest absolute Gasteiger partial charge is 0.264 e. The lowest BCUT2D eigenvalue weighted by Crippen LogP contribution is -2.26. The maximum absolute atomic E-state index is 4.50. The van der Waals surface area contributed by atoms with Gasteiger partial charge in [-0.15, -0.1) is 0 Å². The van der Waals surface area contributed by atoms with Crippen molar-refractivity contribution >= 4 is 0 Å². The fourth-order valence-corrected chi connectivity index (χ4v) is 11.5. The highest BCUT2D eigenvalue weighted by Gasteiger charge is 2.44. The predicted molar refractivity (Wildman–Crippen MR) is 273 cm³/mol. The summed E-state index contributed by atoms with van der Waals surface area (Å²) in [6.07, 6.45) is 32.8. The minimum Gasteiger partial charge on any atom is -0.264 e. The number of aromatic nitrogens is 2. The van der Waals surface area contributed by atoms with Crippen LogP contribution in [0.5, 0.6) is 0 Å². The van der Waals surface area contributed by atoms with Crippen molar-refractivity contribution in [2.45, 2.75) is 167 Å². The molecule has 8 rings (SSSR count). The van der Waals surface area contributed by atoms with Crippen LogP contribution in [0.15, 0.2) is 122 Å². The summed E-state index contributed by atoms with van der Waals surface area (Å²) in [7, 11) is 0. The zero-order chi connectivity index (χ0) is 44.2. The monoisotopic (exact) mass is 845 g/mol. The molecule has 0 bridgehead atoms. The Morgan fingerprint density at radius 3 is 1.03 bits per heavy atom. The van der Waals surface area contributed by atoms with Crippen molar-refractivity contribution in [3.63, 3.8) is 0 Å². The molecule has 0 aliphatic heterocycles. The topological polar surface area (TPSA) is 25.8 Å². The van der Waals surface area contributed by atoms with E-state index in [0.29, 0.717) is 0 Å². The van der Waals surface area contributed by atoms with Crippen molar-refractivity contribution in [1.29, 1.82) is 0 Å². The molecular formula is C62H72N2. The molecule has 2 heterocycles. The molecule has 2 aromatic heterocycles. The third kappa shape index (κ3) is 9.57. The van der Waals surface area contributed by atoms with Crippen molar-refractivity contribution < 1.29 is 0 Å². The van der Waals surface area contributed by atoms with E-state index in [0.717, 1.165) is 11.1 Å². The maximum atomic E-state index is 4.50. The van der Waals surface area contributed by atoms with E-state index in [1.807, 2.05) is 24.8 Å². The van der Waals surface area contributed by atoms with E-state index >= 15 is 0 Å². The number of fused-ring (bicyclic) bond motifs is 6. The van der Waals surface area contributed by atoms with E-state index in [-0.39, 0.29) is 10.8 Å². The molecule has 0 unspecified atom stereocenters. The molecule has 0 fully saturated rings. The Morgan fingerprint density at radius 2 is 0.703 bits per heavy atom. The van der Waals surface area contributed by atoms with Crippen molar-refractivity contribution in [3.05, 3.63) is 155 Å². The molecule has 2 aliphatic carbocycles. The van der Waals surface area contributed by atoms with Gasteiger partial charge in [-0.05, 0) is 141 Å². The normalized spacial score (nSPS) is 13.8. The van der Waals surface area contributed by atoms with E-state index in [1.54, 1.807) is 0 Å². The summed E-state index contributed by atoms with van der Waals surface area (Å²) in [4.78, 5) is 9.00. The second kappa shape index (κ2) is 21.6. The number of nitrogens with zero attached hydrogens (tertiary/aromatic N) is 2. The van der Waals surface area contributed by atoms with Gasteiger partial charge in [-0.2, -0.15) is 0 Å². The summed E-state index contributed by atoms with van der Waals surface area (Å²) in [5, 5.41) is 0. The summed E-state index contributed by atoms with van der Waals surface area (Å²) in [5.41, 5.74) is 18.8. The molecular weight excluding hydrogens is 773 g/mol. The number of benzene rings is 4. The molecule has 0 atom stereocenters. The summed E-state index contributed by atoms with van der Waals surface area (Å²) in [6.45, 7) is 9.30. The van der Waals surface area contributed by atoms with Gasteiger partial charge < -0.3 is 0 Å². The van der Waals surface area contributed by atoms with Gasteiger partial charge in [0.15, 0.2) is 0 Å². The van der Waals surface area contributed by atoms with Crippen LogP contribution < -0.4 is 0 Å². The van der Waals surface area contributed by atoms with Gasteiger partial charge in [-0.3, -0.25) is 9.97 Å². The number of hydrogen-bond donors (Lipinski definition) is 0. The fraction of sp³-hybridized carbons (Fsp3) is 0.419. The van der Waals surface area contributed by atoms with Crippen LogP contribution in [0.1, 0.15) is 189 Å². The molecule has 0 N–H and O–H groups in total. The molecule has 0 amide bonds. The molecule has 2 nitrogen and oxygen atoms in total. The summed E-state index contributed by atoms with van der Waals surface area (Å²) in [6, 6.07) is 37.4. The first-order valence-electron chi connectivity index (χ1n) is 25.5. The van der Waals surface area contributed by atoms with E-state index < -0.39 is 0 Å². The molecule has 2 heteroatoms. The van der Waals surface area contributed by atoms with Crippen LogP contribution in [0.25, 0.3) is 44.5 Å². The summed E-state index contributed by atoms with van der Waals surface area (Å²) >= 11 is 0. The molecule has 0 radical (unpaired) electrons. The standard InChI is InChI=1S/C62H72N2/c1-5-9-13-17-35-61(36-18-14-10-6-2)57-41-47(27-31-53(57)55-33-29-49(43-59(55)61)51-23-21-39-63-45-51)25-26-48-28-32-54-56-34-30-50(52-24-22-40-64-46-52)44-60(56)62(58(54)42-48,37-19-15-11-7-3)38-20-16-12-8-4/h21-24,27-34,39-46H,5-20,35-38H2,1-4H3. The first-order chi connectivity index (χ1) is 31.5. The van der Waals surface area contributed by atoms with E-state index in [9.17, 15) is 0 Å². The maximum Gasteiger partial charge on any atom is 0.0346 e. The predicted octanol–water partition coefficient (Wildman–Crippen LogP) is 17.6. The van der Waals surface area contributed by atoms with Gasteiger partial charge in [0.2, 0.25) is 0 Å². The highest BCUT2D eigenvalue weighted by Crippen LogP contribution is 2.57. The molecule has 4 aromatic carbocycles. The highest BCUT2D eigenvalue weighted by molar-refractivity contribution is 5.86. The molecule has 64 heavy (non-hydrogen) atoms. The van der Waals surface area contributed by atoms with E-state index in [2.05, 4.69) is 147 Å². The summed E-state index contributed by atoms with van der Waals surface area (Å²) < 4.78 is 0. The van der Waals surface area contributed by atoms with Crippen molar-refractivity contribution in [2.75, 3.05) is 0 Å². The second-order valence-electron chi connectivity index (χ2n) is 19.2. The Kier molecular flexibility index (Phi) is 15.3. The minimum absolute atomic E-state index is 0.0226. The number of hydrogen-bond acceptors (Lipinski definition) is 2. The minimum atomic E-state index is -0.0226. The average molecular weight is 845 g/mol. The SMILES string of the molecule is CCCCCCC1(CCCCCC)c2cc(C#Cc3ccc4c(c3)C(CCCCCC)(CCCCCC)c3cc(-c5cccnc5)ccc3-4)ccc2-c2ccc(-c3cccnc3)cc21. The van der Waals surface area contributed by atoms with E-state index in [4.69, 9.17) is 0 Å². The van der Waals surface area contributed by atoms with Gasteiger partial charge in [0.1, 0.15) is 0 Å². The third-order valence-electron chi connectivity index (χ3n) is 14.9. The molecule has 2 aliphatic rings. The van der Waals surface area contributed by atoms with Crippen molar-refractivity contribution in [3.8, 4) is 56.3 Å². The Bertz CT molecular complexity index is 2320. The van der Waals surface area contributed by atoms with Gasteiger partial charge in [0, 0.05) is 46.7 Å². The Morgan fingerprint density at radius 1 is 0.359 bits per heavy atom. The Balaban J connectivity index is 1.20. The molecule has 0 spiro atoms.